The molecule has 442 valence electrons. The first-order chi connectivity index (χ1) is 45.7. The predicted molar refractivity (Wildman–Crippen MR) is 385 cm³/mol. The summed E-state index contributed by atoms with van der Waals surface area (Å²) in [6.07, 6.45) is 0.896. The van der Waals surface area contributed by atoms with Crippen LogP contribution >= 0.6 is 0 Å². The lowest BCUT2D eigenvalue weighted by molar-refractivity contribution is 1.06. The molecule has 0 fully saturated rings. The second-order valence-corrected chi connectivity index (χ2v) is 23.7. The topological polar surface area (TPSA) is 90.2 Å². The fraction of sp³-hybridized carbons (Fsp3) is 0.0581. The number of benzene rings is 10. The number of aromatic nitrogens is 7. The number of aryl methyl sites for hydroxylation is 4. The van der Waals surface area contributed by atoms with E-state index in [1.165, 1.54) is 16.7 Å². The van der Waals surface area contributed by atoms with Crippen LogP contribution in [0.3, 0.4) is 0 Å². The molecule has 16 aromatic rings. The second-order valence-electron chi connectivity index (χ2n) is 23.7. The molecule has 6 heterocycles. The summed E-state index contributed by atoms with van der Waals surface area (Å²) in [6.45, 7) is 8.28. The van der Waals surface area contributed by atoms with Gasteiger partial charge in [-0.15, -0.1) is 0 Å². The molecule has 0 atom stereocenters. The zero-order valence-electron chi connectivity index (χ0n) is 52.1. The molecule has 0 aliphatic rings. The number of hydrogen-bond acceptors (Lipinski definition) is 7. The third-order valence-corrected chi connectivity index (χ3v) is 17.3. The van der Waals surface area contributed by atoms with E-state index in [9.17, 15) is 0 Å². The molecule has 0 spiro atoms. The Labute approximate surface area is 541 Å². The zero-order valence-corrected chi connectivity index (χ0v) is 52.1. The molecule has 0 aliphatic carbocycles. The lowest BCUT2D eigenvalue weighted by Gasteiger charge is -2.12. The molecule has 93 heavy (non-hydrogen) atoms. The Bertz CT molecular complexity index is 5310. The van der Waals surface area contributed by atoms with Gasteiger partial charge >= 0.3 is 0 Å². The van der Waals surface area contributed by atoms with E-state index < -0.39 is 0 Å². The van der Waals surface area contributed by atoms with Crippen LogP contribution in [0.5, 0.6) is 0 Å². The maximum Gasteiger partial charge on any atom is 0.160 e. The van der Waals surface area contributed by atoms with Crippen molar-refractivity contribution in [3.63, 3.8) is 0 Å². The van der Waals surface area contributed by atoms with Gasteiger partial charge in [-0.25, -0.2) is 15.0 Å². The van der Waals surface area contributed by atoms with E-state index in [1.807, 2.05) is 49.4 Å². The summed E-state index contributed by atoms with van der Waals surface area (Å²) in [5.41, 5.74) is 28.4. The normalized spacial score (nSPS) is 11.3. The van der Waals surface area contributed by atoms with Crippen molar-refractivity contribution in [3.05, 3.63) is 320 Å². The van der Waals surface area contributed by atoms with Crippen LogP contribution in [0.2, 0.25) is 0 Å². The van der Waals surface area contributed by atoms with Crippen LogP contribution in [0, 0.1) is 20.8 Å². The van der Waals surface area contributed by atoms with E-state index in [4.69, 9.17) is 34.9 Å². The minimum absolute atomic E-state index is 0.713. The SMILES string of the molecule is CCc1ccc2ccc3c(-c4ccc(-c5cccc(-c6cc(-c7ccccc7)nc(-c7ccccc7)n6)c5)cc4)cc(C)nc3c2n1.Cc1ccc2ccc3c(-c4ccc(-c5cccc(-c6cc(-c7ccccc7)cc(-c7ccccc7)n6)c5)cc4)cc(C)nc3c2n1. The summed E-state index contributed by atoms with van der Waals surface area (Å²) in [6, 6.07) is 104. The van der Waals surface area contributed by atoms with Crippen LogP contribution in [-0.4, -0.2) is 34.9 Å². The maximum absolute atomic E-state index is 5.14. The van der Waals surface area contributed by atoms with E-state index in [0.717, 1.165) is 162 Å². The number of pyridine rings is 5. The van der Waals surface area contributed by atoms with Crippen molar-refractivity contribution in [2.75, 3.05) is 0 Å². The number of nitrogens with zero attached hydrogens (tertiary/aromatic N) is 7. The first-order valence-corrected chi connectivity index (χ1v) is 31.6. The highest BCUT2D eigenvalue weighted by Gasteiger charge is 2.17. The quantitative estimate of drug-likeness (QED) is 0.119. The molecule has 0 radical (unpaired) electrons. The van der Waals surface area contributed by atoms with Crippen molar-refractivity contribution in [2.24, 2.45) is 0 Å². The average molecular weight is 1190 g/mol. The molecule has 0 N–H and O–H groups in total. The van der Waals surface area contributed by atoms with Crippen LogP contribution in [0.25, 0.3) is 156 Å². The molecule has 16 rings (SSSR count). The van der Waals surface area contributed by atoms with E-state index in [2.05, 4.69) is 276 Å². The molecule has 0 saturated carbocycles. The lowest BCUT2D eigenvalue weighted by atomic mass is 9.95. The van der Waals surface area contributed by atoms with Gasteiger partial charge in [-0.2, -0.15) is 0 Å². The van der Waals surface area contributed by atoms with Gasteiger partial charge in [-0.3, -0.25) is 19.9 Å². The molecule has 7 heteroatoms. The maximum atomic E-state index is 5.14. The molecular weight excluding hydrogens is 1130 g/mol. The second kappa shape index (κ2) is 25.2. The summed E-state index contributed by atoms with van der Waals surface area (Å²) in [5.74, 6) is 0.713. The smallest absolute Gasteiger partial charge is 0.160 e. The highest BCUT2D eigenvalue weighted by atomic mass is 14.9. The van der Waals surface area contributed by atoms with E-state index in [-0.39, 0.29) is 0 Å². The first-order valence-electron chi connectivity index (χ1n) is 31.6. The molecular formula is C86H63N7. The average Bonchev–Trinajstić information content (AvgIpc) is 0.825. The fourth-order valence-corrected chi connectivity index (χ4v) is 12.5. The van der Waals surface area contributed by atoms with E-state index in [0.29, 0.717) is 5.82 Å². The Morgan fingerprint density at radius 3 is 1.11 bits per heavy atom. The van der Waals surface area contributed by atoms with Gasteiger partial charge in [-0.1, -0.05) is 250 Å². The van der Waals surface area contributed by atoms with Crippen molar-refractivity contribution < 1.29 is 0 Å². The molecule has 0 unspecified atom stereocenters. The molecule has 6 aromatic heterocycles. The number of fused-ring (bicyclic) bond motifs is 6. The number of hydrogen-bond donors (Lipinski definition) is 0. The van der Waals surface area contributed by atoms with Crippen LogP contribution in [0.4, 0.5) is 0 Å². The summed E-state index contributed by atoms with van der Waals surface area (Å²) in [5, 5.41) is 4.46. The highest BCUT2D eigenvalue weighted by molar-refractivity contribution is 6.09. The van der Waals surface area contributed by atoms with Gasteiger partial charge < -0.3 is 0 Å². The van der Waals surface area contributed by atoms with Gasteiger partial charge in [0.2, 0.25) is 0 Å². The largest absolute Gasteiger partial charge is 0.251 e. The standard InChI is InChI=1S/C43H32N4.C43H31N3/c1-3-36-23-21-32-22-24-37-38(25-28(2)44-42(37)41(32)45-36)30-19-17-29(18-20-30)34-15-10-16-35(26-34)40-27-39(31-11-6-4-7-12-31)46-43(47-40)33-13-8-5-9-14-33;1-28-16-17-34-22-23-38-39(24-29(2)45-43(38)42(34)44-28)32-20-18-31(19-21-32)35-14-9-15-36(25-35)41-27-37(30-10-5-3-6-11-30)26-40(46-41)33-12-7-4-8-13-33/h4-27H,3H2,1-2H3;3-27H,1-2H3. The third kappa shape index (κ3) is 12.0. The minimum atomic E-state index is 0.713. The Morgan fingerprint density at radius 1 is 0.226 bits per heavy atom. The Kier molecular flexibility index (Phi) is 15.6. The molecule has 0 aliphatic heterocycles. The van der Waals surface area contributed by atoms with Gasteiger partial charge in [0, 0.05) is 72.1 Å². The predicted octanol–water partition coefficient (Wildman–Crippen LogP) is 21.9. The Hall–Kier alpha value is -11.9. The van der Waals surface area contributed by atoms with Gasteiger partial charge in [0.25, 0.3) is 0 Å². The van der Waals surface area contributed by atoms with Crippen LogP contribution in [0.1, 0.15) is 29.7 Å². The molecule has 7 nitrogen and oxygen atoms in total. The van der Waals surface area contributed by atoms with E-state index in [1.54, 1.807) is 0 Å². The summed E-state index contributed by atoms with van der Waals surface area (Å²) < 4.78 is 0. The van der Waals surface area contributed by atoms with Crippen molar-refractivity contribution in [2.45, 2.75) is 34.1 Å². The van der Waals surface area contributed by atoms with Gasteiger partial charge in [0.1, 0.15) is 0 Å². The van der Waals surface area contributed by atoms with Crippen LogP contribution < -0.4 is 0 Å². The monoisotopic (exact) mass is 1190 g/mol. The highest BCUT2D eigenvalue weighted by Crippen LogP contribution is 2.39. The van der Waals surface area contributed by atoms with E-state index >= 15 is 0 Å². The van der Waals surface area contributed by atoms with Crippen molar-refractivity contribution in [1.29, 1.82) is 0 Å². The van der Waals surface area contributed by atoms with Crippen molar-refractivity contribution >= 4 is 43.6 Å². The summed E-state index contributed by atoms with van der Waals surface area (Å²) >= 11 is 0. The molecule has 0 bridgehead atoms. The summed E-state index contributed by atoms with van der Waals surface area (Å²) in [7, 11) is 0. The van der Waals surface area contributed by atoms with Gasteiger partial charge in [0.05, 0.1) is 44.8 Å². The van der Waals surface area contributed by atoms with Crippen molar-refractivity contribution in [3.8, 4) is 112 Å². The van der Waals surface area contributed by atoms with Gasteiger partial charge in [0.15, 0.2) is 5.82 Å². The Balaban J connectivity index is 0.000000154. The van der Waals surface area contributed by atoms with Crippen LogP contribution in [-0.2, 0) is 6.42 Å². The van der Waals surface area contributed by atoms with Crippen LogP contribution in [0.15, 0.2) is 297 Å². The lowest BCUT2D eigenvalue weighted by Crippen LogP contribution is -1.96. The zero-order chi connectivity index (χ0) is 62.8. The molecule has 10 aromatic carbocycles. The first kappa shape index (κ1) is 57.5. The minimum Gasteiger partial charge on any atom is -0.251 e. The number of rotatable bonds is 11. The van der Waals surface area contributed by atoms with Crippen molar-refractivity contribution in [1.82, 2.24) is 34.9 Å². The fourth-order valence-electron chi connectivity index (χ4n) is 12.5. The molecule has 0 saturated heterocycles. The summed E-state index contributed by atoms with van der Waals surface area (Å²) in [4.78, 5) is 34.8. The van der Waals surface area contributed by atoms with Gasteiger partial charge in [-0.05, 0) is 137 Å². The third-order valence-electron chi connectivity index (χ3n) is 17.3. The molecule has 0 amide bonds. The Morgan fingerprint density at radius 2 is 0.602 bits per heavy atom.